The smallest absolute Gasteiger partial charge is 0.245 e. The van der Waals surface area contributed by atoms with E-state index in [1.54, 1.807) is 0 Å². The van der Waals surface area contributed by atoms with Crippen molar-refractivity contribution < 1.29 is 14.3 Å². The largest absolute Gasteiger partial charge is 0.376 e. The van der Waals surface area contributed by atoms with Crippen LogP contribution in [-0.2, 0) is 20.9 Å². The highest BCUT2D eigenvalue weighted by Gasteiger charge is 2.22. The second-order valence-corrected chi connectivity index (χ2v) is 6.05. The zero-order valence-electron chi connectivity index (χ0n) is 13.7. The predicted molar refractivity (Wildman–Crippen MR) is 88.7 cm³/mol. The van der Waals surface area contributed by atoms with Crippen LogP contribution in [0.5, 0.6) is 0 Å². The number of carbonyl (C=O) groups excluding carboxylic acids is 2. The lowest BCUT2D eigenvalue weighted by molar-refractivity contribution is -0.130. The second kappa shape index (κ2) is 9.30. The predicted octanol–water partition coefficient (Wildman–Crippen LogP) is 2.16. The van der Waals surface area contributed by atoms with Gasteiger partial charge in [-0.1, -0.05) is 49.6 Å². The van der Waals surface area contributed by atoms with Crippen LogP contribution in [0.1, 0.15) is 44.6 Å². The lowest BCUT2D eigenvalue weighted by atomic mass is 9.98. The van der Waals surface area contributed by atoms with Gasteiger partial charge in [-0.25, -0.2) is 0 Å². The molecule has 0 aliphatic heterocycles. The average Bonchev–Trinajstić information content (AvgIpc) is 2.58. The first-order valence-electron chi connectivity index (χ1n) is 8.35. The molecule has 2 N–H and O–H groups in total. The summed E-state index contributed by atoms with van der Waals surface area (Å²) in [6, 6.07) is 9.05. The van der Waals surface area contributed by atoms with Crippen molar-refractivity contribution in [3.63, 3.8) is 0 Å². The number of hydrogen-bond acceptors (Lipinski definition) is 3. The van der Waals surface area contributed by atoms with Crippen molar-refractivity contribution in [3.8, 4) is 0 Å². The quantitative estimate of drug-likeness (QED) is 0.809. The Balaban J connectivity index is 1.83. The molecule has 0 unspecified atom stereocenters. The van der Waals surface area contributed by atoms with Gasteiger partial charge in [0.2, 0.25) is 11.8 Å². The molecule has 0 saturated heterocycles. The Morgan fingerprint density at radius 3 is 2.52 bits per heavy atom. The van der Waals surface area contributed by atoms with Crippen LogP contribution < -0.4 is 10.6 Å². The van der Waals surface area contributed by atoms with E-state index in [4.69, 9.17) is 4.74 Å². The minimum Gasteiger partial charge on any atom is -0.376 e. The van der Waals surface area contributed by atoms with Gasteiger partial charge < -0.3 is 15.4 Å². The fraction of sp³-hybridized carbons (Fsp3) is 0.556. The van der Waals surface area contributed by atoms with Gasteiger partial charge in [-0.3, -0.25) is 9.59 Å². The molecule has 2 rings (SSSR count). The van der Waals surface area contributed by atoms with Gasteiger partial charge in [0.25, 0.3) is 0 Å². The van der Waals surface area contributed by atoms with Crippen LogP contribution in [0.2, 0.25) is 0 Å². The van der Waals surface area contributed by atoms with Crippen LogP contribution in [0.25, 0.3) is 0 Å². The van der Waals surface area contributed by atoms with E-state index in [1.807, 2.05) is 30.3 Å². The molecule has 1 aliphatic carbocycles. The number of nitrogens with one attached hydrogen (secondary N) is 2. The lowest BCUT2D eigenvalue weighted by Crippen LogP contribution is -2.49. The maximum atomic E-state index is 12.3. The summed E-state index contributed by atoms with van der Waals surface area (Å²) >= 11 is 0. The Kier molecular flexibility index (Phi) is 7.07. The number of carbonyl (C=O) groups is 2. The zero-order valence-corrected chi connectivity index (χ0v) is 13.7. The third-order valence-electron chi connectivity index (χ3n) is 4.05. The molecule has 1 aromatic rings. The summed E-state index contributed by atoms with van der Waals surface area (Å²) in [5.74, 6) is -0.433. The van der Waals surface area contributed by atoms with Gasteiger partial charge in [-0.15, -0.1) is 0 Å². The monoisotopic (exact) mass is 318 g/mol. The summed E-state index contributed by atoms with van der Waals surface area (Å²) in [6.07, 6.45) is 5.90. The van der Waals surface area contributed by atoms with Crippen LogP contribution in [0, 0.1) is 0 Å². The van der Waals surface area contributed by atoms with Crippen molar-refractivity contribution in [2.75, 3.05) is 6.61 Å². The summed E-state index contributed by atoms with van der Waals surface area (Å²) in [5.41, 5.74) is 1.02. The van der Waals surface area contributed by atoms with E-state index in [0.717, 1.165) is 18.4 Å². The molecule has 0 aromatic heterocycles. The SMILES string of the molecule is CC(=O)N[C@H](COC1CCCCC1)C(=O)NCc1ccccc1. The Morgan fingerprint density at radius 1 is 1.17 bits per heavy atom. The molecule has 1 aromatic carbocycles. The van der Waals surface area contributed by atoms with E-state index in [-0.39, 0.29) is 24.5 Å². The van der Waals surface area contributed by atoms with Crippen molar-refractivity contribution in [3.05, 3.63) is 35.9 Å². The molecule has 1 atom stereocenters. The van der Waals surface area contributed by atoms with Gasteiger partial charge in [0.15, 0.2) is 0 Å². The molecule has 0 spiro atoms. The minimum atomic E-state index is -0.641. The fourth-order valence-electron chi connectivity index (χ4n) is 2.80. The first-order valence-corrected chi connectivity index (χ1v) is 8.35. The maximum absolute atomic E-state index is 12.3. The molecular weight excluding hydrogens is 292 g/mol. The van der Waals surface area contributed by atoms with Gasteiger partial charge in [0.05, 0.1) is 12.7 Å². The number of ether oxygens (including phenoxy) is 1. The Hall–Kier alpha value is -1.88. The third kappa shape index (κ3) is 6.40. The Labute approximate surface area is 137 Å². The van der Waals surface area contributed by atoms with E-state index in [9.17, 15) is 9.59 Å². The molecule has 1 aliphatic rings. The zero-order chi connectivity index (χ0) is 16.5. The van der Waals surface area contributed by atoms with Crippen molar-refractivity contribution in [1.82, 2.24) is 10.6 Å². The summed E-state index contributed by atoms with van der Waals surface area (Å²) < 4.78 is 5.84. The topological polar surface area (TPSA) is 67.4 Å². The number of rotatable bonds is 7. The van der Waals surface area contributed by atoms with Crippen molar-refractivity contribution in [2.24, 2.45) is 0 Å². The van der Waals surface area contributed by atoms with Crippen LogP contribution in [-0.4, -0.2) is 30.6 Å². The highest BCUT2D eigenvalue weighted by atomic mass is 16.5. The van der Waals surface area contributed by atoms with E-state index < -0.39 is 6.04 Å². The normalized spacial score (nSPS) is 16.6. The first kappa shape index (κ1) is 17.5. The molecule has 23 heavy (non-hydrogen) atoms. The number of hydrogen-bond donors (Lipinski definition) is 2. The van der Waals surface area contributed by atoms with Gasteiger partial charge in [-0.05, 0) is 18.4 Å². The van der Waals surface area contributed by atoms with Gasteiger partial charge >= 0.3 is 0 Å². The van der Waals surface area contributed by atoms with Crippen LogP contribution in [0.3, 0.4) is 0 Å². The molecule has 0 heterocycles. The van der Waals surface area contributed by atoms with Gasteiger partial charge in [-0.2, -0.15) is 0 Å². The van der Waals surface area contributed by atoms with Crippen molar-refractivity contribution in [2.45, 2.75) is 57.7 Å². The van der Waals surface area contributed by atoms with E-state index in [1.165, 1.54) is 26.2 Å². The van der Waals surface area contributed by atoms with Crippen LogP contribution >= 0.6 is 0 Å². The molecule has 5 heteroatoms. The van der Waals surface area contributed by atoms with Crippen molar-refractivity contribution in [1.29, 1.82) is 0 Å². The minimum absolute atomic E-state index is 0.208. The third-order valence-corrected chi connectivity index (χ3v) is 4.05. The molecule has 126 valence electrons. The van der Waals surface area contributed by atoms with E-state index in [2.05, 4.69) is 10.6 Å². The van der Waals surface area contributed by atoms with Gasteiger partial charge in [0, 0.05) is 13.5 Å². The summed E-state index contributed by atoms with van der Waals surface area (Å²) in [6.45, 7) is 2.09. The number of benzene rings is 1. The molecule has 1 fully saturated rings. The highest BCUT2D eigenvalue weighted by Crippen LogP contribution is 2.20. The lowest BCUT2D eigenvalue weighted by Gasteiger charge is -2.25. The highest BCUT2D eigenvalue weighted by molar-refractivity contribution is 5.86. The average molecular weight is 318 g/mol. The summed E-state index contributed by atoms with van der Waals surface area (Å²) in [7, 11) is 0. The summed E-state index contributed by atoms with van der Waals surface area (Å²) in [5, 5.41) is 5.54. The van der Waals surface area contributed by atoms with Crippen molar-refractivity contribution >= 4 is 11.8 Å². The summed E-state index contributed by atoms with van der Waals surface area (Å²) in [4.78, 5) is 23.7. The number of amides is 2. The fourth-order valence-corrected chi connectivity index (χ4v) is 2.80. The van der Waals surface area contributed by atoms with Crippen LogP contribution in [0.4, 0.5) is 0 Å². The molecule has 0 bridgehead atoms. The van der Waals surface area contributed by atoms with E-state index >= 15 is 0 Å². The standard InChI is InChI=1S/C18H26N2O3/c1-14(21)20-17(13-23-16-10-6-3-7-11-16)18(22)19-12-15-8-4-2-5-9-15/h2,4-5,8-9,16-17H,3,6-7,10-13H2,1H3,(H,19,22)(H,20,21)/t17-/m1/s1. The first-order chi connectivity index (χ1) is 11.1. The maximum Gasteiger partial charge on any atom is 0.245 e. The van der Waals surface area contributed by atoms with E-state index in [0.29, 0.717) is 6.54 Å². The second-order valence-electron chi connectivity index (χ2n) is 6.05. The van der Waals surface area contributed by atoms with Gasteiger partial charge in [0.1, 0.15) is 6.04 Å². The molecule has 2 amide bonds. The Morgan fingerprint density at radius 2 is 1.87 bits per heavy atom. The molecule has 0 radical (unpaired) electrons. The molecular formula is C18H26N2O3. The van der Waals surface area contributed by atoms with Crippen LogP contribution in [0.15, 0.2) is 30.3 Å². The molecule has 1 saturated carbocycles. The Bertz CT molecular complexity index is 498. The molecule has 5 nitrogen and oxygen atoms in total.